The topological polar surface area (TPSA) is 34.1 Å². The minimum absolute atomic E-state index is 0.680. The van der Waals surface area contributed by atoms with Crippen LogP contribution in [0.1, 0.15) is 45.1 Å². The highest BCUT2D eigenvalue weighted by Gasteiger charge is 2.06. The average molecular weight is 250 g/mol. The summed E-state index contributed by atoms with van der Waals surface area (Å²) in [5.74, 6) is 1.60. The van der Waals surface area contributed by atoms with Crippen LogP contribution in [0.25, 0.3) is 0 Å². The molecule has 0 bridgehead atoms. The number of pyridine rings is 1. The van der Waals surface area contributed by atoms with Gasteiger partial charge in [-0.1, -0.05) is 33.1 Å². The van der Waals surface area contributed by atoms with Gasteiger partial charge in [-0.25, -0.2) is 4.98 Å². The smallest absolute Gasteiger partial charge is 0.125 e. The summed E-state index contributed by atoms with van der Waals surface area (Å²) in [5.41, 5.74) is 1.18. The summed E-state index contributed by atoms with van der Waals surface area (Å²) in [6.45, 7) is 6.03. The minimum Gasteiger partial charge on any atom is -0.376 e. The standard InChI is InChI=1S/C15H26N2O/c1-4-6-7-13(5-2)11-18-12-14-8-9-17-15(10-14)16-3/h8-10,13H,4-7,11-12H2,1-3H3,(H,16,17). The molecule has 1 heterocycles. The van der Waals surface area contributed by atoms with E-state index >= 15 is 0 Å². The van der Waals surface area contributed by atoms with Gasteiger partial charge in [-0.3, -0.25) is 0 Å². The van der Waals surface area contributed by atoms with Crippen molar-refractivity contribution in [2.24, 2.45) is 5.92 Å². The molecule has 18 heavy (non-hydrogen) atoms. The molecule has 3 heteroatoms. The summed E-state index contributed by atoms with van der Waals surface area (Å²) in [5, 5.41) is 3.04. The molecule has 0 amide bonds. The van der Waals surface area contributed by atoms with Gasteiger partial charge in [0.1, 0.15) is 5.82 Å². The van der Waals surface area contributed by atoms with Crippen LogP contribution in [-0.2, 0) is 11.3 Å². The molecule has 102 valence electrons. The number of unbranched alkanes of at least 4 members (excludes halogenated alkanes) is 1. The summed E-state index contributed by atoms with van der Waals surface area (Å²) in [4.78, 5) is 4.19. The number of hydrogen-bond acceptors (Lipinski definition) is 3. The third-order valence-corrected chi connectivity index (χ3v) is 3.25. The van der Waals surface area contributed by atoms with Gasteiger partial charge in [0.2, 0.25) is 0 Å². The molecule has 0 fully saturated rings. The van der Waals surface area contributed by atoms with Crippen LogP contribution < -0.4 is 5.32 Å². The number of anilines is 1. The van der Waals surface area contributed by atoms with Gasteiger partial charge in [0.05, 0.1) is 6.61 Å². The van der Waals surface area contributed by atoms with Crippen LogP contribution in [0.15, 0.2) is 18.3 Å². The van der Waals surface area contributed by atoms with Crippen LogP contribution in [0.3, 0.4) is 0 Å². The average Bonchev–Trinajstić information content (AvgIpc) is 2.43. The van der Waals surface area contributed by atoms with Crippen LogP contribution in [0.4, 0.5) is 5.82 Å². The Labute approximate surface area is 111 Å². The molecular formula is C15H26N2O. The van der Waals surface area contributed by atoms with Gasteiger partial charge in [-0.05, 0) is 30.0 Å². The second-order valence-electron chi connectivity index (χ2n) is 4.73. The Morgan fingerprint density at radius 1 is 1.39 bits per heavy atom. The van der Waals surface area contributed by atoms with Crippen molar-refractivity contribution in [2.75, 3.05) is 19.0 Å². The summed E-state index contributed by atoms with van der Waals surface area (Å²) in [7, 11) is 1.88. The van der Waals surface area contributed by atoms with Crippen molar-refractivity contribution in [1.29, 1.82) is 0 Å². The van der Waals surface area contributed by atoms with Crippen LogP contribution in [0, 0.1) is 5.92 Å². The molecule has 1 aromatic heterocycles. The van der Waals surface area contributed by atoms with Crippen LogP contribution in [0.2, 0.25) is 0 Å². The van der Waals surface area contributed by atoms with E-state index in [0.717, 1.165) is 12.4 Å². The van der Waals surface area contributed by atoms with Crippen molar-refractivity contribution in [2.45, 2.75) is 46.1 Å². The molecule has 1 atom stereocenters. The molecule has 3 nitrogen and oxygen atoms in total. The monoisotopic (exact) mass is 250 g/mol. The Balaban J connectivity index is 2.30. The molecule has 1 N–H and O–H groups in total. The Bertz CT molecular complexity index is 328. The van der Waals surface area contributed by atoms with E-state index in [2.05, 4.69) is 24.1 Å². The molecule has 0 aliphatic rings. The summed E-state index contributed by atoms with van der Waals surface area (Å²) >= 11 is 0. The third kappa shape index (κ3) is 5.50. The number of nitrogens with zero attached hydrogens (tertiary/aromatic N) is 1. The van der Waals surface area contributed by atoms with Gasteiger partial charge in [0, 0.05) is 19.9 Å². The lowest BCUT2D eigenvalue weighted by atomic mass is 10.0. The number of ether oxygens (including phenoxy) is 1. The Morgan fingerprint density at radius 2 is 2.22 bits per heavy atom. The van der Waals surface area contributed by atoms with E-state index < -0.39 is 0 Å². The fourth-order valence-corrected chi connectivity index (χ4v) is 1.94. The van der Waals surface area contributed by atoms with Gasteiger partial charge >= 0.3 is 0 Å². The number of nitrogens with one attached hydrogen (secondary N) is 1. The molecular weight excluding hydrogens is 224 g/mol. The highest BCUT2D eigenvalue weighted by atomic mass is 16.5. The lowest BCUT2D eigenvalue weighted by Crippen LogP contribution is -2.09. The van der Waals surface area contributed by atoms with Gasteiger partial charge < -0.3 is 10.1 Å². The van der Waals surface area contributed by atoms with E-state index in [1.165, 1.54) is 31.2 Å². The van der Waals surface area contributed by atoms with Crippen molar-refractivity contribution < 1.29 is 4.74 Å². The zero-order valence-electron chi connectivity index (χ0n) is 11.9. The molecule has 0 aliphatic carbocycles. The normalized spacial score (nSPS) is 12.4. The summed E-state index contributed by atoms with van der Waals surface area (Å²) < 4.78 is 5.81. The molecule has 0 saturated heterocycles. The highest BCUT2D eigenvalue weighted by molar-refractivity contribution is 5.36. The van der Waals surface area contributed by atoms with Crippen molar-refractivity contribution >= 4 is 5.82 Å². The third-order valence-electron chi connectivity index (χ3n) is 3.25. The van der Waals surface area contributed by atoms with Crippen LogP contribution >= 0.6 is 0 Å². The first-order chi connectivity index (χ1) is 8.80. The zero-order chi connectivity index (χ0) is 13.2. The lowest BCUT2D eigenvalue weighted by molar-refractivity contribution is 0.0820. The molecule has 1 unspecified atom stereocenters. The maximum atomic E-state index is 5.81. The van der Waals surface area contributed by atoms with Crippen molar-refractivity contribution in [3.05, 3.63) is 23.9 Å². The lowest BCUT2D eigenvalue weighted by Gasteiger charge is -2.14. The van der Waals surface area contributed by atoms with Crippen molar-refractivity contribution in [3.63, 3.8) is 0 Å². The fourth-order valence-electron chi connectivity index (χ4n) is 1.94. The van der Waals surface area contributed by atoms with Crippen LogP contribution in [-0.4, -0.2) is 18.6 Å². The van der Waals surface area contributed by atoms with Gasteiger partial charge in [-0.2, -0.15) is 0 Å². The van der Waals surface area contributed by atoms with E-state index in [-0.39, 0.29) is 0 Å². The fraction of sp³-hybridized carbons (Fsp3) is 0.667. The number of aromatic nitrogens is 1. The maximum Gasteiger partial charge on any atom is 0.125 e. The molecule has 0 saturated carbocycles. The van der Waals surface area contributed by atoms with Gasteiger partial charge in [0.15, 0.2) is 0 Å². The largest absolute Gasteiger partial charge is 0.376 e. The predicted octanol–water partition coefficient (Wildman–Crippen LogP) is 3.86. The number of hydrogen-bond donors (Lipinski definition) is 1. The maximum absolute atomic E-state index is 5.81. The van der Waals surface area contributed by atoms with E-state index in [1.54, 1.807) is 0 Å². The first kappa shape index (κ1) is 15.0. The minimum atomic E-state index is 0.680. The highest BCUT2D eigenvalue weighted by Crippen LogP contribution is 2.14. The van der Waals surface area contributed by atoms with Crippen molar-refractivity contribution in [1.82, 2.24) is 4.98 Å². The van der Waals surface area contributed by atoms with Crippen LogP contribution in [0.5, 0.6) is 0 Å². The molecule has 1 rings (SSSR count). The Hall–Kier alpha value is -1.09. The van der Waals surface area contributed by atoms with E-state index in [1.807, 2.05) is 25.4 Å². The summed E-state index contributed by atoms with van der Waals surface area (Å²) in [6, 6.07) is 4.04. The Morgan fingerprint density at radius 3 is 2.89 bits per heavy atom. The molecule has 0 radical (unpaired) electrons. The van der Waals surface area contributed by atoms with E-state index in [0.29, 0.717) is 12.5 Å². The van der Waals surface area contributed by atoms with E-state index in [4.69, 9.17) is 4.74 Å². The first-order valence-electron chi connectivity index (χ1n) is 7.00. The van der Waals surface area contributed by atoms with E-state index in [9.17, 15) is 0 Å². The molecule has 0 aliphatic heterocycles. The van der Waals surface area contributed by atoms with Gasteiger partial charge in [0.25, 0.3) is 0 Å². The molecule has 1 aromatic rings. The SMILES string of the molecule is CCCCC(CC)COCc1ccnc(NC)c1. The first-order valence-corrected chi connectivity index (χ1v) is 7.00. The predicted molar refractivity (Wildman–Crippen MR) is 76.7 cm³/mol. The molecule has 0 aromatic carbocycles. The Kier molecular flexibility index (Phi) is 7.42. The van der Waals surface area contributed by atoms with Gasteiger partial charge in [-0.15, -0.1) is 0 Å². The zero-order valence-corrected chi connectivity index (χ0v) is 11.9. The second-order valence-corrected chi connectivity index (χ2v) is 4.73. The quantitative estimate of drug-likeness (QED) is 0.722. The summed E-state index contributed by atoms with van der Waals surface area (Å²) in [6.07, 6.45) is 6.88. The van der Waals surface area contributed by atoms with Crippen molar-refractivity contribution in [3.8, 4) is 0 Å². The number of rotatable bonds is 9. The molecule has 0 spiro atoms. The second kappa shape index (κ2) is 8.92.